The minimum absolute atomic E-state index is 0.133. The molecule has 0 bridgehead atoms. The van der Waals surface area contributed by atoms with Crippen molar-refractivity contribution in [3.63, 3.8) is 0 Å². The third-order valence-corrected chi connectivity index (χ3v) is 7.33. The number of amides is 3. The molecule has 0 saturated carbocycles. The number of aromatic nitrogens is 3. The van der Waals surface area contributed by atoms with Gasteiger partial charge >= 0.3 is 6.09 Å². The Balaban J connectivity index is 1.34. The lowest BCUT2D eigenvalue weighted by molar-refractivity contribution is -0.124. The maximum Gasteiger partial charge on any atom is 0.409 e. The van der Waals surface area contributed by atoms with Crippen LogP contribution in [0.15, 0.2) is 48.5 Å². The molecule has 0 saturated heterocycles. The van der Waals surface area contributed by atoms with Gasteiger partial charge in [-0.3, -0.25) is 9.59 Å². The molecule has 1 atom stereocenters. The normalized spacial score (nSPS) is 11.9. The predicted molar refractivity (Wildman–Crippen MR) is 162 cm³/mol. The van der Waals surface area contributed by atoms with Crippen LogP contribution in [-0.4, -0.2) is 39.2 Å². The number of primary amides is 1. The molecule has 11 heteroatoms. The summed E-state index contributed by atoms with van der Waals surface area (Å²) >= 11 is 0. The predicted octanol–water partition coefficient (Wildman–Crippen LogP) is 4.15. The van der Waals surface area contributed by atoms with Gasteiger partial charge in [0, 0.05) is 37.2 Å². The lowest BCUT2D eigenvalue weighted by Gasteiger charge is -2.12. The van der Waals surface area contributed by atoms with Crippen molar-refractivity contribution in [2.75, 3.05) is 12.5 Å². The van der Waals surface area contributed by atoms with Crippen LogP contribution in [0.4, 0.5) is 10.6 Å². The van der Waals surface area contributed by atoms with Crippen molar-refractivity contribution < 1.29 is 19.1 Å². The van der Waals surface area contributed by atoms with Crippen molar-refractivity contribution in [1.29, 1.82) is 0 Å². The molecule has 6 N–H and O–H groups in total. The molecule has 42 heavy (non-hydrogen) atoms. The fraction of sp³-hybridized carbons (Fsp3) is 0.387. The van der Waals surface area contributed by atoms with Crippen molar-refractivity contribution in [3.05, 3.63) is 65.5 Å². The lowest BCUT2D eigenvalue weighted by atomic mass is 10.00. The van der Waals surface area contributed by atoms with E-state index in [-0.39, 0.29) is 31.5 Å². The summed E-state index contributed by atoms with van der Waals surface area (Å²) in [6, 6.07) is 15.9. The molecule has 0 spiro atoms. The van der Waals surface area contributed by atoms with Gasteiger partial charge in [-0.1, -0.05) is 62.7 Å². The molecule has 2 aromatic carbocycles. The van der Waals surface area contributed by atoms with Gasteiger partial charge in [0.05, 0.1) is 11.0 Å². The summed E-state index contributed by atoms with van der Waals surface area (Å²) in [5, 5.41) is 6.21. The Kier molecular flexibility index (Phi) is 10.3. The number of nitrogens with two attached hydrogens (primary N) is 2. The van der Waals surface area contributed by atoms with Gasteiger partial charge in [0.2, 0.25) is 11.8 Å². The first kappa shape index (κ1) is 30.3. The van der Waals surface area contributed by atoms with Crippen LogP contribution in [0.2, 0.25) is 0 Å². The number of carbonyl (C=O) groups is 3. The Morgan fingerprint density at radius 3 is 2.45 bits per heavy atom. The van der Waals surface area contributed by atoms with Crippen LogP contribution in [0.3, 0.4) is 0 Å². The molecule has 222 valence electrons. The lowest BCUT2D eigenvalue weighted by Crippen LogP contribution is -2.32. The number of alkyl carbamates (subject to hydrolysis) is 1. The topological polar surface area (TPSA) is 167 Å². The highest BCUT2D eigenvalue weighted by Gasteiger charge is 2.18. The van der Waals surface area contributed by atoms with E-state index in [0.29, 0.717) is 25.2 Å². The first-order valence-corrected chi connectivity index (χ1v) is 14.4. The van der Waals surface area contributed by atoms with Crippen molar-refractivity contribution in [1.82, 2.24) is 25.2 Å². The van der Waals surface area contributed by atoms with Gasteiger partial charge in [-0.15, -0.1) is 0 Å². The summed E-state index contributed by atoms with van der Waals surface area (Å²) in [7, 11) is 0. The molecule has 11 nitrogen and oxygen atoms in total. The first-order valence-electron chi connectivity index (χ1n) is 14.4. The van der Waals surface area contributed by atoms with Gasteiger partial charge in [-0.2, -0.15) is 0 Å². The molecular weight excluding hydrogens is 534 g/mol. The van der Waals surface area contributed by atoms with E-state index >= 15 is 0 Å². The number of carbonyl (C=O) groups excluding carboxylic acids is 3. The van der Waals surface area contributed by atoms with Crippen LogP contribution in [0.5, 0.6) is 0 Å². The van der Waals surface area contributed by atoms with E-state index in [0.717, 1.165) is 58.2 Å². The average Bonchev–Trinajstić information content (AvgIpc) is 3.34. The van der Waals surface area contributed by atoms with Gasteiger partial charge in [-0.25, -0.2) is 14.8 Å². The summed E-state index contributed by atoms with van der Waals surface area (Å²) in [6.45, 7) is 4.64. The second-order valence-electron chi connectivity index (χ2n) is 10.3. The van der Waals surface area contributed by atoms with Crippen LogP contribution < -0.4 is 22.1 Å². The molecule has 1 unspecified atom stereocenters. The molecule has 4 rings (SSSR count). The van der Waals surface area contributed by atoms with Crippen LogP contribution in [-0.2, 0) is 33.8 Å². The minimum Gasteiger partial charge on any atom is -0.428 e. The summed E-state index contributed by atoms with van der Waals surface area (Å²) in [5.41, 5.74) is 16.2. The van der Waals surface area contributed by atoms with E-state index in [2.05, 4.69) is 33.2 Å². The largest absolute Gasteiger partial charge is 0.428 e. The highest BCUT2D eigenvalue weighted by Crippen LogP contribution is 2.30. The Morgan fingerprint density at radius 2 is 1.74 bits per heavy atom. The fourth-order valence-corrected chi connectivity index (χ4v) is 4.89. The first-order chi connectivity index (χ1) is 20.3. The third kappa shape index (κ3) is 7.54. The zero-order valence-electron chi connectivity index (χ0n) is 24.2. The van der Waals surface area contributed by atoms with Gasteiger partial charge in [0.25, 0.3) is 0 Å². The second kappa shape index (κ2) is 14.3. The number of nitrogen functional groups attached to an aromatic ring is 1. The fourth-order valence-electron chi connectivity index (χ4n) is 4.89. The number of anilines is 1. The van der Waals surface area contributed by atoms with Crippen molar-refractivity contribution in [2.24, 2.45) is 11.7 Å². The van der Waals surface area contributed by atoms with Crippen LogP contribution in [0, 0.1) is 5.92 Å². The number of aryl methyl sites for hydroxylation is 1. The number of benzene rings is 2. The van der Waals surface area contributed by atoms with Crippen LogP contribution in [0.1, 0.15) is 62.9 Å². The highest BCUT2D eigenvalue weighted by molar-refractivity contribution is 6.06. The molecule has 3 amide bonds. The Morgan fingerprint density at radius 1 is 1.00 bits per heavy atom. The van der Waals surface area contributed by atoms with Crippen LogP contribution in [0.25, 0.3) is 21.9 Å². The van der Waals surface area contributed by atoms with E-state index in [1.807, 2.05) is 49.4 Å². The molecule has 0 radical (unpaired) electrons. The van der Waals surface area contributed by atoms with Gasteiger partial charge < -0.3 is 31.4 Å². The number of ether oxygens (including phenoxy) is 1. The molecular formula is C31H39N7O4. The number of imidazole rings is 1. The van der Waals surface area contributed by atoms with Crippen LogP contribution >= 0.6 is 0 Å². The average molecular weight is 574 g/mol. The maximum absolute atomic E-state index is 12.1. The SMILES string of the molecule is CCCCc1nc2c(N)nc3ccccc3c2n1Cc1ccc(CNC(=O)OCNC(=O)CCC(CC)C(N)=O)cc1. The minimum atomic E-state index is -0.647. The standard InChI is InChI=1S/C31H39N7O4/c1-3-5-10-25-37-27-28(23-8-6-7-9-24(23)36-29(27)32)38(25)18-21-13-11-20(12-14-21)17-34-31(41)42-19-35-26(39)16-15-22(4-2)30(33)40/h6-9,11-14,22H,3-5,10,15-19H2,1-2H3,(H2,32,36)(H2,33,40)(H,34,41)(H,35,39). The maximum atomic E-state index is 12.1. The molecule has 4 aromatic rings. The number of hydrogen-bond acceptors (Lipinski definition) is 7. The smallest absolute Gasteiger partial charge is 0.409 e. The summed E-state index contributed by atoms with van der Waals surface area (Å²) in [4.78, 5) is 44.8. The quantitative estimate of drug-likeness (QED) is 0.164. The van der Waals surface area contributed by atoms with Gasteiger partial charge in [0.15, 0.2) is 12.5 Å². The molecule has 2 heterocycles. The van der Waals surface area contributed by atoms with E-state index in [9.17, 15) is 14.4 Å². The number of nitrogens with zero attached hydrogens (tertiary/aromatic N) is 3. The number of unbranched alkanes of at least 4 members (excludes halogenated alkanes) is 1. The number of nitrogens with one attached hydrogen (secondary N) is 2. The monoisotopic (exact) mass is 573 g/mol. The second-order valence-corrected chi connectivity index (χ2v) is 10.3. The zero-order chi connectivity index (χ0) is 30.1. The molecule has 0 aliphatic carbocycles. The van der Waals surface area contributed by atoms with E-state index in [4.69, 9.17) is 21.2 Å². The molecule has 0 fully saturated rings. The highest BCUT2D eigenvalue weighted by atomic mass is 16.6. The summed E-state index contributed by atoms with van der Waals surface area (Å²) in [6.07, 6.45) is 3.35. The molecule has 0 aliphatic rings. The molecule has 0 aliphatic heterocycles. The number of rotatable bonds is 14. The van der Waals surface area contributed by atoms with Crippen molar-refractivity contribution in [3.8, 4) is 0 Å². The van der Waals surface area contributed by atoms with E-state index in [1.165, 1.54) is 0 Å². The third-order valence-electron chi connectivity index (χ3n) is 7.33. The van der Waals surface area contributed by atoms with Gasteiger partial charge in [0.1, 0.15) is 11.3 Å². The number of hydrogen-bond donors (Lipinski definition) is 4. The Bertz CT molecular complexity index is 1550. The van der Waals surface area contributed by atoms with Crippen molar-refractivity contribution in [2.45, 2.75) is 65.5 Å². The molecule has 2 aromatic heterocycles. The van der Waals surface area contributed by atoms with E-state index in [1.54, 1.807) is 0 Å². The number of fused-ring (bicyclic) bond motifs is 3. The summed E-state index contributed by atoms with van der Waals surface area (Å²) < 4.78 is 7.28. The van der Waals surface area contributed by atoms with Gasteiger partial charge in [-0.05, 0) is 36.5 Å². The number of para-hydroxylation sites is 1. The Labute approximate surface area is 245 Å². The number of pyridine rings is 1. The Hall–Kier alpha value is -4.67. The zero-order valence-corrected chi connectivity index (χ0v) is 24.2. The van der Waals surface area contributed by atoms with E-state index < -0.39 is 12.0 Å². The van der Waals surface area contributed by atoms with Crippen molar-refractivity contribution >= 4 is 45.7 Å². The summed E-state index contributed by atoms with van der Waals surface area (Å²) in [5.74, 6) is 0.340.